The molecular formula is C15H18N2O2. The second-order valence-corrected chi connectivity index (χ2v) is 5.36. The average molecular weight is 258 g/mol. The van der Waals surface area contributed by atoms with E-state index in [9.17, 15) is 4.79 Å². The molecule has 2 aliphatic rings. The van der Waals surface area contributed by atoms with Crippen LogP contribution in [0, 0.1) is 5.92 Å². The van der Waals surface area contributed by atoms with Crippen molar-refractivity contribution in [1.82, 2.24) is 4.90 Å². The molecule has 19 heavy (non-hydrogen) atoms. The monoisotopic (exact) mass is 258 g/mol. The SMILES string of the molecule is COc1ccc(C(=O)N2CC3CC=CC3(N)C2)cc1. The van der Waals surface area contributed by atoms with Gasteiger partial charge in [-0.3, -0.25) is 4.79 Å². The van der Waals surface area contributed by atoms with Gasteiger partial charge in [0.2, 0.25) is 0 Å². The van der Waals surface area contributed by atoms with Crippen molar-refractivity contribution >= 4 is 5.91 Å². The van der Waals surface area contributed by atoms with E-state index in [-0.39, 0.29) is 11.4 Å². The molecule has 2 unspecified atom stereocenters. The summed E-state index contributed by atoms with van der Waals surface area (Å²) in [6.45, 7) is 1.35. The van der Waals surface area contributed by atoms with Crippen LogP contribution in [0.3, 0.4) is 0 Å². The largest absolute Gasteiger partial charge is 0.497 e. The van der Waals surface area contributed by atoms with Gasteiger partial charge >= 0.3 is 0 Å². The number of hydrogen-bond donors (Lipinski definition) is 1. The van der Waals surface area contributed by atoms with Crippen LogP contribution >= 0.6 is 0 Å². The lowest BCUT2D eigenvalue weighted by Gasteiger charge is -2.21. The van der Waals surface area contributed by atoms with Crippen molar-refractivity contribution in [3.05, 3.63) is 42.0 Å². The highest BCUT2D eigenvalue weighted by atomic mass is 16.5. The van der Waals surface area contributed by atoms with Gasteiger partial charge in [-0.1, -0.05) is 12.2 Å². The Morgan fingerprint density at radius 2 is 2.16 bits per heavy atom. The van der Waals surface area contributed by atoms with E-state index in [1.807, 2.05) is 17.0 Å². The maximum absolute atomic E-state index is 12.4. The van der Waals surface area contributed by atoms with Crippen molar-refractivity contribution in [2.24, 2.45) is 11.7 Å². The zero-order valence-corrected chi connectivity index (χ0v) is 11.0. The molecule has 1 aromatic carbocycles. The lowest BCUT2D eigenvalue weighted by molar-refractivity contribution is 0.0783. The molecule has 1 heterocycles. The van der Waals surface area contributed by atoms with Gasteiger partial charge < -0.3 is 15.4 Å². The van der Waals surface area contributed by atoms with Crippen molar-refractivity contribution in [1.29, 1.82) is 0 Å². The molecule has 2 atom stereocenters. The van der Waals surface area contributed by atoms with Gasteiger partial charge in [0.25, 0.3) is 5.91 Å². The van der Waals surface area contributed by atoms with Gasteiger partial charge in [-0.2, -0.15) is 0 Å². The molecule has 4 nitrogen and oxygen atoms in total. The van der Waals surface area contributed by atoms with Crippen molar-refractivity contribution in [3.8, 4) is 5.75 Å². The van der Waals surface area contributed by atoms with Gasteiger partial charge in [0.15, 0.2) is 0 Å². The molecule has 0 saturated carbocycles. The average Bonchev–Trinajstić information content (AvgIpc) is 2.93. The van der Waals surface area contributed by atoms with E-state index in [1.165, 1.54) is 0 Å². The smallest absolute Gasteiger partial charge is 0.253 e. The summed E-state index contributed by atoms with van der Waals surface area (Å²) in [5, 5.41) is 0. The van der Waals surface area contributed by atoms with E-state index < -0.39 is 0 Å². The minimum Gasteiger partial charge on any atom is -0.497 e. The predicted molar refractivity (Wildman–Crippen MR) is 73.1 cm³/mol. The molecule has 1 aromatic rings. The molecule has 4 heteroatoms. The summed E-state index contributed by atoms with van der Waals surface area (Å²) in [6, 6.07) is 7.22. The Hall–Kier alpha value is -1.81. The molecule has 100 valence electrons. The second kappa shape index (κ2) is 4.38. The van der Waals surface area contributed by atoms with Crippen molar-refractivity contribution in [2.75, 3.05) is 20.2 Å². The van der Waals surface area contributed by atoms with Gasteiger partial charge in [-0.25, -0.2) is 0 Å². The van der Waals surface area contributed by atoms with Crippen molar-refractivity contribution in [2.45, 2.75) is 12.0 Å². The fraction of sp³-hybridized carbons (Fsp3) is 0.400. The third-order valence-electron chi connectivity index (χ3n) is 4.14. The van der Waals surface area contributed by atoms with Crippen molar-refractivity contribution < 1.29 is 9.53 Å². The zero-order chi connectivity index (χ0) is 13.5. The van der Waals surface area contributed by atoms with Crippen LogP contribution in [-0.4, -0.2) is 36.5 Å². The third-order valence-corrected chi connectivity index (χ3v) is 4.14. The number of benzene rings is 1. The number of rotatable bonds is 2. The van der Waals surface area contributed by atoms with Gasteiger partial charge in [0, 0.05) is 24.6 Å². The number of carbonyl (C=O) groups is 1. The molecule has 0 bridgehead atoms. The Kier molecular flexibility index (Phi) is 2.82. The highest BCUT2D eigenvalue weighted by Crippen LogP contribution is 2.35. The lowest BCUT2D eigenvalue weighted by atomic mass is 9.92. The van der Waals surface area contributed by atoms with Crippen LogP contribution < -0.4 is 10.5 Å². The summed E-state index contributed by atoms with van der Waals surface area (Å²) in [4.78, 5) is 14.3. The molecule has 1 saturated heterocycles. The summed E-state index contributed by atoms with van der Waals surface area (Å²) >= 11 is 0. The molecule has 0 radical (unpaired) electrons. The first-order chi connectivity index (χ1) is 9.12. The summed E-state index contributed by atoms with van der Waals surface area (Å²) in [5.41, 5.74) is 6.69. The molecule has 1 fully saturated rings. The Morgan fingerprint density at radius 1 is 1.42 bits per heavy atom. The normalized spacial score (nSPS) is 28.5. The van der Waals surface area contributed by atoms with Gasteiger partial charge in [0.05, 0.1) is 12.6 Å². The van der Waals surface area contributed by atoms with Gasteiger partial charge in [-0.15, -0.1) is 0 Å². The topological polar surface area (TPSA) is 55.6 Å². The van der Waals surface area contributed by atoms with Crippen LogP contribution in [0.4, 0.5) is 0 Å². The minimum absolute atomic E-state index is 0.0512. The van der Waals surface area contributed by atoms with Crippen LogP contribution in [0.15, 0.2) is 36.4 Å². The highest BCUT2D eigenvalue weighted by molar-refractivity contribution is 5.94. The fourth-order valence-electron chi connectivity index (χ4n) is 2.97. The molecule has 3 rings (SSSR count). The number of nitrogens with zero attached hydrogens (tertiary/aromatic N) is 1. The van der Waals surface area contributed by atoms with E-state index in [4.69, 9.17) is 10.5 Å². The Labute approximate surface area is 112 Å². The number of fused-ring (bicyclic) bond motifs is 1. The van der Waals surface area contributed by atoms with E-state index >= 15 is 0 Å². The second-order valence-electron chi connectivity index (χ2n) is 5.36. The first kappa shape index (κ1) is 12.2. The molecule has 0 spiro atoms. The zero-order valence-electron chi connectivity index (χ0n) is 11.0. The minimum atomic E-state index is -0.317. The molecule has 2 N–H and O–H groups in total. The van der Waals surface area contributed by atoms with Crippen molar-refractivity contribution in [3.63, 3.8) is 0 Å². The molecule has 0 aromatic heterocycles. The van der Waals surface area contributed by atoms with Crippen LogP contribution in [0.5, 0.6) is 5.75 Å². The molecule has 1 aliphatic heterocycles. The Balaban J connectivity index is 1.76. The summed E-state index contributed by atoms with van der Waals surface area (Å²) in [6.07, 6.45) is 5.15. The third kappa shape index (κ3) is 2.02. The summed E-state index contributed by atoms with van der Waals surface area (Å²) in [7, 11) is 1.61. The van der Waals surface area contributed by atoms with E-state index in [2.05, 4.69) is 12.2 Å². The number of hydrogen-bond acceptors (Lipinski definition) is 3. The number of ether oxygens (including phenoxy) is 1. The van der Waals surface area contributed by atoms with Gasteiger partial charge in [-0.05, 0) is 30.7 Å². The number of methoxy groups -OCH3 is 1. The van der Waals surface area contributed by atoms with Crippen LogP contribution in [-0.2, 0) is 0 Å². The molecule has 1 aliphatic carbocycles. The molecule has 1 amide bonds. The number of allylic oxidation sites excluding steroid dienone is 1. The highest BCUT2D eigenvalue weighted by Gasteiger charge is 2.45. The number of amides is 1. The maximum atomic E-state index is 12.4. The lowest BCUT2D eigenvalue weighted by Crippen LogP contribution is -2.44. The number of nitrogens with two attached hydrogens (primary N) is 1. The van der Waals surface area contributed by atoms with E-state index in [0.29, 0.717) is 18.0 Å². The fourth-order valence-corrected chi connectivity index (χ4v) is 2.97. The van der Waals surface area contributed by atoms with E-state index in [1.54, 1.807) is 19.2 Å². The first-order valence-electron chi connectivity index (χ1n) is 6.52. The summed E-state index contributed by atoms with van der Waals surface area (Å²) < 4.78 is 5.10. The quantitative estimate of drug-likeness (QED) is 0.816. The number of carbonyl (C=O) groups excluding carboxylic acids is 1. The maximum Gasteiger partial charge on any atom is 0.253 e. The van der Waals surface area contributed by atoms with Crippen LogP contribution in [0.1, 0.15) is 16.8 Å². The van der Waals surface area contributed by atoms with Gasteiger partial charge in [0.1, 0.15) is 5.75 Å². The van der Waals surface area contributed by atoms with Crippen LogP contribution in [0.25, 0.3) is 0 Å². The Bertz CT molecular complexity index is 523. The Morgan fingerprint density at radius 3 is 2.79 bits per heavy atom. The number of likely N-dealkylation sites (tertiary alicyclic amines) is 1. The summed E-state index contributed by atoms with van der Waals surface area (Å²) in [5.74, 6) is 1.18. The predicted octanol–water partition coefficient (Wildman–Crippen LogP) is 1.42. The van der Waals surface area contributed by atoms with E-state index in [0.717, 1.165) is 18.7 Å². The molecular weight excluding hydrogens is 240 g/mol. The van der Waals surface area contributed by atoms with Crippen LogP contribution in [0.2, 0.25) is 0 Å². The standard InChI is InChI=1S/C15H18N2O2/c1-19-13-6-4-11(5-7-13)14(18)17-9-12-3-2-8-15(12,16)10-17/h2,4-8,12H,3,9-10,16H2,1H3. The first-order valence-corrected chi connectivity index (χ1v) is 6.52.